The van der Waals surface area contributed by atoms with Gasteiger partial charge in [0.25, 0.3) is 4.84 Å². The summed E-state index contributed by atoms with van der Waals surface area (Å²) in [5.74, 6) is 0. The van der Waals surface area contributed by atoms with Crippen molar-refractivity contribution in [1.29, 1.82) is 0 Å². The molecule has 0 saturated heterocycles. The Morgan fingerprint density at radius 3 is 3.27 bits per heavy atom. The molecule has 5 heteroatoms. The molecule has 11 heavy (non-hydrogen) atoms. The lowest BCUT2D eigenvalue weighted by Gasteiger charge is -1.85. The third kappa shape index (κ3) is 1.21. The zero-order chi connectivity index (χ0) is 7.84. The second kappa shape index (κ2) is 2.42. The summed E-state index contributed by atoms with van der Waals surface area (Å²) in [6, 6.07) is 1.86. The summed E-state index contributed by atoms with van der Waals surface area (Å²) >= 11 is 8.06. The molecule has 0 amide bonds. The predicted molar refractivity (Wildman–Crippen MR) is 46.9 cm³/mol. The molecular weight excluding hydrogens is 228 g/mol. The molecule has 0 fully saturated rings. The van der Waals surface area contributed by atoms with E-state index >= 15 is 0 Å². The first-order valence-electron chi connectivity index (χ1n) is 2.90. The Labute approximate surface area is 75.6 Å². The predicted octanol–water partition coefficient (Wildman–Crippen LogP) is 2.65. The van der Waals surface area contributed by atoms with Gasteiger partial charge in [0.05, 0.1) is 0 Å². The lowest BCUT2D eigenvalue weighted by atomic mass is 10.4. The van der Waals surface area contributed by atoms with E-state index < -0.39 is 0 Å². The molecule has 0 aliphatic carbocycles. The fourth-order valence-corrected chi connectivity index (χ4v) is 1.34. The standard InChI is InChI=1S/C6H3BrN2OS/c7-3-1-4-5(8-2-3)10-6(11)9-4/h1-2H,(H,9,11). The van der Waals surface area contributed by atoms with Gasteiger partial charge in [0, 0.05) is 10.7 Å². The van der Waals surface area contributed by atoms with Crippen LogP contribution in [0.2, 0.25) is 0 Å². The first-order chi connectivity index (χ1) is 5.25. The number of hydrogen-bond donors (Lipinski definition) is 1. The van der Waals surface area contributed by atoms with Gasteiger partial charge in [0.15, 0.2) is 0 Å². The maximum Gasteiger partial charge on any atom is 0.268 e. The SMILES string of the molecule is S=c1[nH]c2cc(Br)cnc2o1. The van der Waals surface area contributed by atoms with Crippen LogP contribution in [0.3, 0.4) is 0 Å². The number of nitrogens with one attached hydrogen (secondary N) is 1. The summed E-state index contributed by atoms with van der Waals surface area (Å²) < 4.78 is 5.95. The Kier molecular flexibility index (Phi) is 1.54. The molecule has 2 rings (SSSR count). The second-order valence-electron chi connectivity index (χ2n) is 2.02. The number of pyridine rings is 1. The van der Waals surface area contributed by atoms with Crippen LogP contribution >= 0.6 is 28.1 Å². The van der Waals surface area contributed by atoms with Crippen LogP contribution in [0.1, 0.15) is 0 Å². The Bertz CT molecular complexity index is 447. The van der Waals surface area contributed by atoms with Crippen LogP contribution in [0.25, 0.3) is 11.2 Å². The molecule has 2 heterocycles. The largest absolute Gasteiger partial charge is 0.410 e. The Hall–Kier alpha value is -0.680. The summed E-state index contributed by atoms with van der Waals surface area (Å²) in [4.78, 5) is 7.20. The molecule has 1 N–H and O–H groups in total. The number of H-pyrrole nitrogens is 1. The van der Waals surface area contributed by atoms with Gasteiger partial charge in [-0.3, -0.25) is 0 Å². The number of fused-ring (bicyclic) bond motifs is 1. The van der Waals surface area contributed by atoms with Crippen molar-refractivity contribution >= 4 is 39.4 Å². The van der Waals surface area contributed by atoms with E-state index in [2.05, 4.69) is 25.9 Å². The minimum absolute atomic E-state index is 0.352. The van der Waals surface area contributed by atoms with Crippen LogP contribution in [-0.4, -0.2) is 9.97 Å². The van der Waals surface area contributed by atoms with Crippen molar-refractivity contribution in [3.05, 3.63) is 21.6 Å². The van der Waals surface area contributed by atoms with Crippen LogP contribution < -0.4 is 0 Å². The molecule has 2 aromatic heterocycles. The minimum Gasteiger partial charge on any atom is -0.410 e. The summed E-state index contributed by atoms with van der Waals surface area (Å²) in [5.41, 5.74) is 1.35. The molecule has 0 aromatic carbocycles. The Balaban J connectivity index is 2.92. The van der Waals surface area contributed by atoms with Crippen LogP contribution in [0.5, 0.6) is 0 Å². The number of hydrogen-bond acceptors (Lipinski definition) is 3. The number of rotatable bonds is 0. The van der Waals surface area contributed by atoms with Gasteiger partial charge in [-0.05, 0) is 34.2 Å². The van der Waals surface area contributed by atoms with Crippen LogP contribution in [0.4, 0.5) is 0 Å². The molecular formula is C6H3BrN2OS. The van der Waals surface area contributed by atoms with Gasteiger partial charge in [-0.1, -0.05) is 0 Å². The first-order valence-corrected chi connectivity index (χ1v) is 4.10. The summed E-state index contributed by atoms with van der Waals surface area (Å²) in [5, 5.41) is 0. The number of nitrogens with zero attached hydrogens (tertiary/aromatic N) is 1. The van der Waals surface area contributed by atoms with Gasteiger partial charge in [0.1, 0.15) is 5.52 Å². The van der Waals surface area contributed by atoms with Crippen molar-refractivity contribution in [2.45, 2.75) is 0 Å². The maximum atomic E-state index is 5.05. The van der Waals surface area contributed by atoms with Crippen LogP contribution in [-0.2, 0) is 0 Å². The lowest BCUT2D eigenvalue weighted by Crippen LogP contribution is -1.72. The van der Waals surface area contributed by atoms with E-state index in [4.69, 9.17) is 16.6 Å². The average Bonchev–Trinajstić information content (AvgIpc) is 2.27. The van der Waals surface area contributed by atoms with E-state index in [1.165, 1.54) is 0 Å². The monoisotopic (exact) mass is 230 g/mol. The quantitative estimate of drug-likeness (QED) is 0.708. The van der Waals surface area contributed by atoms with Crippen LogP contribution in [0, 0.1) is 4.84 Å². The number of halogens is 1. The average molecular weight is 231 g/mol. The third-order valence-corrected chi connectivity index (χ3v) is 1.86. The number of oxazole rings is 1. The van der Waals surface area contributed by atoms with Crippen molar-refractivity contribution in [3.63, 3.8) is 0 Å². The summed E-state index contributed by atoms with van der Waals surface area (Å²) in [6.07, 6.45) is 1.66. The van der Waals surface area contributed by atoms with E-state index in [-0.39, 0.29) is 0 Å². The van der Waals surface area contributed by atoms with E-state index in [0.717, 1.165) is 9.99 Å². The molecule has 0 saturated carbocycles. The van der Waals surface area contributed by atoms with E-state index in [1.54, 1.807) is 6.20 Å². The fourth-order valence-electron chi connectivity index (χ4n) is 0.821. The van der Waals surface area contributed by atoms with Crippen LogP contribution in [0.15, 0.2) is 21.2 Å². The molecule has 2 aromatic rings. The van der Waals surface area contributed by atoms with Crippen molar-refractivity contribution in [2.75, 3.05) is 0 Å². The maximum absolute atomic E-state index is 5.05. The van der Waals surface area contributed by atoms with Gasteiger partial charge >= 0.3 is 0 Å². The highest BCUT2D eigenvalue weighted by Crippen LogP contribution is 2.15. The number of aromatic nitrogens is 2. The molecule has 0 unspecified atom stereocenters. The van der Waals surface area contributed by atoms with Crippen molar-refractivity contribution in [1.82, 2.24) is 9.97 Å². The van der Waals surface area contributed by atoms with Crippen molar-refractivity contribution in [3.8, 4) is 0 Å². The summed E-state index contributed by atoms with van der Waals surface area (Å²) in [7, 11) is 0. The van der Waals surface area contributed by atoms with Crippen molar-refractivity contribution in [2.24, 2.45) is 0 Å². The highest BCUT2D eigenvalue weighted by Gasteiger charge is 1.98. The first kappa shape index (κ1) is 7.00. The highest BCUT2D eigenvalue weighted by atomic mass is 79.9. The van der Waals surface area contributed by atoms with Gasteiger partial charge in [0.2, 0.25) is 5.71 Å². The molecule has 56 valence electrons. The molecule has 0 aliphatic rings. The number of aromatic amines is 1. The normalized spacial score (nSPS) is 10.6. The van der Waals surface area contributed by atoms with Crippen molar-refractivity contribution < 1.29 is 4.42 Å². The molecule has 0 spiro atoms. The van der Waals surface area contributed by atoms with Gasteiger partial charge in [-0.25, -0.2) is 4.98 Å². The minimum atomic E-state index is 0.352. The second-order valence-corrected chi connectivity index (χ2v) is 3.31. The fraction of sp³-hybridized carbons (Fsp3) is 0. The van der Waals surface area contributed by atoms with Gasteiger partial charge in [-0.2, -0.15) is 0 Å². The van der Waals surface area contributed by atoms with Gasteiger partial charge in [-0.15, -0.1) is 0 Å². The zero-order valence-electron chi connectivity index (χ0n) is 5.30. The van der Waals surface area contributed by atoms with E-state index in [9.17, 15) is 0 Å². The highest BCUT2D eigenvalue weighted by molar-refractivity contribution is 9.10. The molecule has 0 bridgehead atoms. The van der Waals surface area contributed by atoms with Gasteiger partial charge < -0.3 is 9.40 Å². The smallest absolute Gasteiger partial charge is 0.268 e. The third-order valence-electron chi connectivity index (χ3n) is 1.24. The molecule has 0 aliphatic heterocycles. The topological polar surface area (TPSA) is 41.8 Å². The molecule has 0 radical (unpaired) electrons. The summed E-state index contributed by atoms with van der Waals surface area (Å²) in [6.45, 7) is 0. The zero-order valence-corrected chi connectivity index (χ0v) is 7.70. The van der Waals surface area contributed by atoms with E-state index in [1.807, 2.05) is 6.07 Å². The lowest BCUT2D eigenvalue weighted by molar-refractivity contribution is 0.572. The Morgan fingerprint density at radius 1 is 1.64 bits per heavy atom. The molecule has 3 nitrogen and oxygen atoms in total. The Morgan fingerprint density at radius 2 is 2.45 bits per heavy atom. The van der Waals surface area contributed by atoms with E-state index in [0.29, 0.717) is 10.6 Å². The molecule has 0 atom stereocenters.